The minimum atomic E-state index is -0.156. The van der Waals surface area contributed by atoms with Crippen molar-refractivity contribution in [2.24, 2.45) is 11.8 Å². The minimum absolute atomic E-state index is 0.153. The Morgan fingerprint density at radius 2 is 1.41 bits per heavy atom. The SMILES string of the molecule is CC(C)CCOC(C)(C)C(C)COC(C)(C)CCOC(C)C. The van der Waals surface area contributed by atoms with E-state index >= 15 is 0 Å². The third-order valence-corrected chi connectivity index (χ3v) is 4.24. The molecule has 0 N–H and O–H groups in total. The molecule has 0 amide bonds. The summed E-state index contributed by atoms with van der Waals surface area (Å²) in [5.74, 6) is 1.03. The van der Waals surface area contributed by atoms with Gasteiger partial charge in [0.15, 0.2) is 0 Å². The van der Waals surface area contributed by atoms with Crippen molar-refractivity contribution in [3.63, 3.8) is 0 Å². The first-order chi connectivity index (χ1) is 9.96. The second-order valence-electron chi connectivity index (χ2n) is 8.28. The predicted molar refractivity (Wildman–Crippen MR) is 94.4 cm³/mol. The third-order valence-electron chi connectivity index (χ3n) is 4.24. The molecule has 3 nitrogen and oxygen atoms in total. The van der Waals surface area contributed by atoms with Gasteiger partial charge in [-0.15, -0.1) is 0 Å². The Morgan fingerprint density at radius 3 is 1.91 bits per heavy atom. The molecule has 3 heteroatoms. The van der Waals surface area contributed by atoms with Gasteiger partial charge < -0.3 is 14.2 Å². The van der Waals surface area contributed by atoms with Crippen LogP contribution >= 0.6 is 0 Å². The maximum Gasteiger partial charge on any atom is 0.0673 e. The molecule has 0 spiro atoms. The van der Waals surface area contributed by atoms with Gasteiger partial charge in [0.25, 0.3) is 0 Å². The molecule has 0 bridgehead atoms. The molecule has 134 valence electrons. The third kappa shape index (κ3) is 10.6. The average Bonchev–Trinajstić information content (AvgIpc) is 2.34. The van der Waals surface area contributed by atoms with E-state index in [2.05, 4.69) is 62.3 Å². The van der Waals surface area contributed by atoms with Crippen LogP contribution in [0.4, 0.5) is 0 Å². The fraction of sp³-hybridized carbons (Fsp3) is 1.00. The van der Waals surface area contributed by atoms with Crippen LogP contribution in [0.5, 0.6) is 0 Å². The van der Waals surface area contributed by atoms with Gasteiger partial charge in [-0.2, -0.15) is 0 Å². The number of rotatable bonds is 12. The number of hydrogen-bond donors (Lipinski definition) is 0. The van der Waals surface area contributed by atoms with Gasteiger partial charge in [-0.25, -0.2) is 0 Å². The van der Waals surface area contributed by atoms with E-state index < -0.39 is 0 Å². The Kier molecular flexibility index (Phi) is 9.84. The van der Waals surface area contributed by atoms with Crippen LogP contribution in [0.15, 0.2) is 0 Å². The van der Waals surface area contributed by atoms with E-state index in [4.69, 9.17) is 14.2 Å². The summed E-state index contributed by atoms with van der Waals surface area (Å²) in [4.78, 5) is 0. The summed E-state index contributed by atoms with van der Waals surface area (Å²) in [7, 11) is 0. The van der Waals surface area contributed by atoms with Crippen LogP contribution in [0, 0.1) is 11.8 Å². The Bertz CT molecular complexity index is 282. The molecule has 0 aromatic heterocycles. The smallest absolute Gasteiger partial charge is 0.0673 e. The van der Waals surface area contributed by atoms with Gasteiger partial charge in [0.05, 0.1) is 23.9 Å². The first-order valence-corrected chi connectivity index (χ1v) is 8.86. The fourth-order valence-corrected chi connectivity index (χ4v) is 1.86. The standard InChI is InChI=1S/C19H40O3/c1-15(2)10-12-21-19(8,9)17(5)14-22-18(6,7)11-13-20-16(3)4/h15-17H,10-14H2,1-9H3. The van der Waals surface area contributed by atoms with Gasteiger partial charge in [0.2, 0.25) is 0 Å². The highest BCUT2D eigenvalue weighted by atomic mass is 16.5. The number of hydrogen-bond acceptors (Lipinski definition) is 3. The zero-order valence-corrected chi connectivity index (χ0v) is 16.5. The molecule has 0 aromatic rings. The zero-order chi connectivity index (χ0) is 17.4. The first-order valence-electron chi connectivity index (χ1n) is 8.86. The molecule has 0 aliphatic rings. The van der Waals surface area contributed by atoms with E-state index in [1.54, 1.807) is 0 Å². The van der Waals surface area contributed by atoms with Crippen LogP contribution in [-0.2, 0) is 14.2 Å². The van der Waals surface area contributed by atoms with Crippen LogP contribution in [0.25, 0.3) is 0 Å². The highest BCUT2D eigenvalue weighted by Gasteiger charge is 2.29. The van der Waals surface area contributed by atoms with Crippen molar-refractivity contribution in [3.8, 4) is 0 Å². The van der Waals surface area contributed by atoms with Crippen molar-refractivity contribution >= 4 is 0 Å². The lowest BCUT2D eigenvalue weighted by atomic mass is 9.92. The van der Waals surface area contributed by atoms with Gasteiger partial charge in [-0.05, 0) is 60.3 Å². The van der Waals surface area contributed by atoms with E-state index in [1.807, 2.05) is 0 Å². The second kappa shape index (κ2) is 9.89. The molecule has 0 aliphatic heterocycles. The zero-order valence-electron chi connectivity index (χ0n) is 16.5. The summed E-state index contributed by atoms with van der Waals surface area (Å²) in [6, 6.07) is 0. The Labute approximate surface area is 139 Å². The van der Waals surface area contributed by atoms with Crippen molar-refractivity contribution in [1.29, 1.82) is 0 Å². The van der Waals surface area contributed by atoms with E-state index in [9.17, 15) is 0 Å². The monoisotopic (exact) mass is 316 g/mol. The van der Waals surface area contributed by atoms with Crippen LogP contribution in [0.2, 0.25) is 0 Å². The minimum Gasteiger partial charge on any atom is -0.379 e. The summed E-state index contributed by atoms with van der Waals surface area (Å²) in [5.41, 5.74) is -0.309. The highest BCUT2D eigenvalue weighted by Crippen LogP contribution is 2.25. The Balaban J connectivity index is 4.14. The van der Waals surface area contributed by atoms with Crippen molar-refractivity contribution in [2.45, 2.75) is 92.5 Å². The molecular weight excluding hydrogens is 276 g/mol. The van der Waals surface area contributed by atoms with Crippen LogP contribution < -0.4 is 0 Å². The molecule has 0 saturated heterocycles. The molecule has 1 atom stereocenters. The summed E-state index contributed by atoms with van der Waals surface area (Å²) in [6.45, 7) is 21.7. The summed E-state index contributed by atoms with van der Waals surface area (Å²) in [5, 5.41) is 0. The summed E-state index contributed by atoms with van der Waals surface area (Å²) in [6.07, 6.45) is 2.30. The normalized spacial score (nSPS) is 14.9. The Hall–Kier alpha value is -0.120. The van der Waals surface area contributed by atoms with Crippen molar-refractivity contribution in [3.05, 3.63) is 0 Å². The molecule has 22 heavy (non-hydrogen) atoms. The molecule has 0 saturated carbocycles. The van der Waals surface area contributed by atoms with Crippen LogP contribution in [-0.4, -0.2) is 37.1 Å². The highest BCUT2D eigenvalue weighted by molar-refractivity contribution is 4.78. The molecule has 0 fully saturated rings. The summed E-state index contributed by atoms with van der Waals surface area (Å²) >= 11 is 0. The second-order valence-corrected chi connectivity index (χ2v) is 8.28. The van der Waals surface area contributed by atoms with Gasteiger partial charge in [0, 0.05) is 19.1 Å². The van der Waals surface area contributed by atoms with Gasteiger partial charge >= 0.3 is 0 Å². The van der Waals surface area contributed by atoms with Crippen molar-refractivity contribution < 1.29 is 14.2 Å². The first kappa shape index (κ1) is 21.9. The molecule has 1 unspecified atom stereocenters. The average molecular weight is 317 g/mol. The van der Waals surface area contributed by atoms with Crippen LogP contribution in [0.3, 0.4) is 0 Å². The van der Waals surface area contributed by atoms with Gasteiger partial charge in [0.1, 0.15) is 0 Å². The topological polar surface area (TPSA) is 27.7 Å². The molecular formula is C19H40O3. The lowest BCUT2D eigenvalue weighted by molar-refractivity contribution is -0.114. The fourth-order valence-electron chi connectivity index (χ4n) is 1.86. The van der Waals surface area contributed by atoms with E-state index in [0.29, 0.717) is 18.4 Å². The van der Waals surface area contributed by atoms with Crippen molar-refractivity contribution in [1.82, 2.24) is 0 Å². The van der Waals surface area contributed by atoms with E-state index in [1.165, 1.54) is 0 Å². The molecule has 0 heterocycles. The summed E-state index contributed by atoms with van der Waals surface area (Å²) < 4.78 is 17.8. The van der Waals surface area contributed by atoms with Crippen molar-refractivity contribution in [2.75, 3.05) is 19.8 Å². The quantitative estimate of drug-likeness (QED) is 0.503. The lowest BCUT2D eigenvalue weighted by Gasteiger charge is -2.35. The van der Waals surface area contributed by atoms with Gasteiger partial charge in [-0.3, -0.25) is 0 Å². The predicted octanol–water partition coefficient (Wildman–Crippen LogP) is 5.07. The maximum atomic E-state index is 6.13. The largest absolute Gasteiger partial charge is 0.379 e. The van der Waals surface area contributed by atoms with Gasteiger partial charge in [-0.1, -0.05) is 20.8 Å². The molecule has 0 aromatic carbocycles. The van der Waals surface area contributed by atoms with E-state index in [-0.39, 0.29) is 17.3 Å². The molecule has 0 radical (unpaired) electrons. The van der Waals surface area contributed by atoms with Crippen LogP contribution in [0.1, 0.15) is 75.2 Å². The number of ether oxygens (including phenoxy) is 3. The molecule has 0 aliphatic carbocycles. The molecule has 0 rings (SSSR count). The lowest BCUT2D eigenvalue weighted by Crippen LogP contribution is -2.39. The Morgan fingerprint density at radius 1 is 0.818 bits per heavy atom. The van der Waals surface area contributed by atoms with E-state index in [0.717, 1.165) is 26.1 Å². The maximum absolute atomic E-state index is 6.13.